The summed E-state index contributed by atoms with van der Waals surface area (Å²) in [6.07, 6.45) is -2.08. The van der Waals surface area contributed by atoms with Crippen LogP contribution < -0.4 is 34.4 Å². The number of carbonyl (C=O) groups is 1. The Bertz CT molecular complexity index is 88.8. The van der Waals surface area contributed by atoms with Gasteiger partial charge in [0.05, 0.1) is 0 Å². The van der Waals surface area contributed by atoms with Gasteiger partial charge in [-0.25, -0.2) is 4.79 Å². The summed E-state index contributed by atoms with van der Waals surface area (Å²) in [7, 11) is 0. The van der Waals surface area contributed by atoms with Gasteiger partial charge in [0, 0.05) is 0 Å². The number of carbonyl (C=O) groups excluding carboxylic acids is 1. The molecule has 0 aromatic carbocycles. The molecule has 0 bridgehead atoms. The highest BCUT2D eigenvalue weighted by molar-refractivity contribution is 5.69. The third-order valence-electron chi connectivity index (χ3n) is 0. The van der Waals surface area contributed by atoms with Crippen molar-refractivity contribution >= 4 is 6.03 Å². The second-order valence-corrected chi connectivity index (χ2v) is 1.46. The molecule has 1 atom stereocenters. The lowest BCUT2D eigenvalue weighted by atomic mass is 11.1. The van der Waals surface area contributed by atoms with Gasteiger partial charge in [-0.1, -0.05) is 0 Å². The first-order valence-corrected chi connectivity index (χ1v) is 2.71. The summed E-state index contributed by atoms with van der Waals surface area (Å²) in [4.78, 5) is 9.00. The molecule has 0 spiro atoms. The molecule has 9 heteroatoms. The molecule has 0 aliphatic carbocycles. The van der Waals surface area contributed by atoms with Crippen molar-refractivity contribution in [1.82, 2.24) is 0 Å². The first-order chi connectivity index (χ1) is 5.20. The van der Waals surface area contributed by atoms with Crippen molar-refractivity contribution in [3.8, 4) is 0 Å². The average molecular weight is 187 g/mol. The topological polar surface area (TPSA) is 215 Å². The number of nitrogens with two attached hydrogens (primary N) is 5. The van der Waals surface area contributed by atoms with Gasteiger partial charge < -0.3 is 27.4 Å². The number of aliphatic hydroxyl groups excluding tert-OH is 2. The van der Waals surface area contributed by atoms with E-state index in [4.69, 9.17) is 15.0 Å². The molecule has 12 heavy (non-hydrogen) atoms. The summed E-state index contributed by atoms with van der Waals surface area (Å²) >= 11 is 0. The summed E-state index contributed by atoms with van der Waals surface area (Å²) in [5.41, 5.74) is 24.9. The molecular formula is C3H19N6O3+3. The molecule has 9 nitrogen and oxygen atoms in total. The van der Waals surface area contributed by atoms with Crippen molar-refractivity contribution in [3.63, 3.8) is 0 Å². The van der Waals surface area contributed by atoms with Gasteiger partial charge in [0.15, 0.2) is 6.35 Å². The molecule has 0 aromatic heterocycles. The average Bonchev–Trinajstić information content (AvgIpc) is 1.54. The van der Waals surface area contributed by atoms with Crippen LogP contribution in [0.3, 0.4) is 0 Å². The highest BCUT2D eigenvalue weighted by atomic mass is 16.3. The second-order valence-electron chi connectivity index (χ2n) is 1.46. The lowest BCUT2D eigenvalue weighted by Gasteiger charge is -1.83. The Morgan fingerprint density at radius 3 is 1.25 bits per heavy atom. The smallest absolute Gasteiger partial charge is 0.366 e. The van der Waals surface area contributed by atoms with Crippen LogP contribution in [0.1, 0.15) is 2.85 Å². The zero-order valence-corrected chi connectivity index (χ0v) is 6.55. The van der Waals surface area contributed by atoms with Gasteiger partial charge in [-0.3, -0.25) is 17.2 Å². The fraction of sp³-hybridized carbons (Fsp3) is 0.667. The first kappa shape index (κ1) is 17.2. The normalized spacial score (nSPS) is 10.2. The number of hydrogen-bond donors (Lipinski definition) is 8. The zero-order chi connectivity index (χ0) is 10.7. The molecular weight excluding hydrogens is 168 g/mol. The third-order valence-corrected chi connectivity index (χ3v) is 0. The van der Waals surface area contributed by atoms with Crippen LogP contribution >= 0.6 is 0 Å². The van der Waals surface area contributed by atoms with Crippen molar-refractivity contribution in [2.24, 2.45) is 28.7 Å². The zero-order valence-electron chi connectivity index (χ0n) is 8.55. The lowest BCUT2D eigenvalue weighted by Crippen LogP contribution is -2.65. The standard InChI is InChI=1S/2CH6N2O.CH4N2O/c3*2-1(3)4/h2*1,4H,2-3H2;(H4,2,3,4)/p+3. The molecule has 0 saturated carbocycles. The molecule has 0 heterocycles. The maximum atomic E-state index is 9.00. The Labute approximate surface area is 72.2 Å². The van der Waals surface area contributed by atoms with E-state index in [9.17, 15) is 0 Å². The van der Waals surface area contributed by atoms with E-state index in [-0.39, 0.29) is 2.85 Å². The molecule has 0 radical (unpaired) electrons. The minimum atomic E-state index is -1.17. The Balaban J connectivity index is -0.0000000270. The molecule has 76 valence electrons. The molecule has 2 amide bonds. The predicted molar refractivity (Wildman–Crippen MR) is 43.5 cm³/mol. The summed E-state index contributed by atoms with van der Waals surface area (Å²) in [6.45, 7) is 0. The molecule has 0 aromatic rings. The van der Waals surface area contributed by atoms with Crippen molar-refractivity contribution in [2.45, 2.75) is 12.7 Å². The monoisotopic (exact) mass is 187 g/mol. The van der Waals surface area contributed by atoms with Crippen LogP contribution in [0.25, 0.3) is 0 Å². The molecule has 0 rings (SSSR count). The van der Waals surface area contributed by atoms with E-state index in [2.05, 4.69) is 34.4 Å². The molecule has 0 fully saturated rings. The fourth-order valence-corrected chi connectivity index (χ4v) is 0. The minimum absolute atomic E-state index is 0. The summed E-state index contributed by atoms with van der Waals surface area (Å²) in [6, 6.07) is -0.833. The predicted octanol–water partition coefficient (Wildman–Crippen LogP) is -5.11. The van der Waals surface area contributed by atoms with Crippen molar-refractivity contribution in [2.75, 3.05) is 0 Å². The van der Waals surface area contributed by atoms with Crippen LogP contribution in [-0.2, 0) is 0 Å². The van der Waals surface area contributed by atoms with Crippen LogP contribution in [0.15, 0.2) is 0 Å². The largest absolute Gasteiger partial charge is 1.00 e. The van der Waals surface area contributed by atoms with Crippen LogP contribution in [-0.4, -0.2) is 28.9 Å². The van der Waals surface area contributed by atoms with Gasteiger partial charge in [0.1, 0.15) is 0 Å². The van der Waals surface area contributed by atoms with E-state index >= 15 is 0 Å². The van der Waals surface area contributed by atoms with E-state index in [1.54, 1.807) is 0 Å². The third kappa shape index (κ3) is 619. The van der Waals surface area contributed by atoms with Gasteiger partial charge in [-0.2, -0.15) is 0 Å². The molecule has 0 saturated heterocycles. The van der Waals surface area contributed by atoms with E-state index in [0.717, 1.165) is 0 Å². The Morgan fingerprint density at radius 1 is 1.25 bits per heavy atom. The first-order valence-electron chi connectivity index (χ1n) is 2.71. The minimum Gasteiger partial charge on any atom is -0.366 e. The van der Waals surface area contributed by atoms with E-state index in [1.165, 1.54) is 0 Å². The number of quaternary nitrogens is 1. The van der Waals surface area contributed by atoms with Crippen molar-refractivity contribution in [3.05, 3.63) is 0 Å². The number of urea groups is 1. The number of primary amides is 2. The molecule has 15 N–H and O–H groups in total. The van der Waals surface area contributed by atoms with Crippen LogP contribution in [0.4, 0.5) is 4.79 Å². The number of amides is 2. The van der Waals surface area contributed by atoms with Crippen LogP contribution in [0.5, 0.6) is 0 Å². The van der Waals surface area contributed by atoms with Crippen molar-refractivity contribution < 1.29 is 23.6 Å². The van der Waals surface area contributed by atoms with Crippen molar-refractivity contribution in [1.29, 1.82) is 0 Å². The summed E-state index contributed by atoms with van der Waals surface area (Å²) in [5, 5.41) is 15.3. The van der Waals surface area contributed by atoms with E-state index in [0.29, 0.717) is 0 Å². The number of hydrogen-bond acceptors (Lipinski definition) is 6. The maximum absolute atomic E-state index is 9.00. The SMILES string of the molecule is NC(N)=O.NC(N)O.NC([NH3+])O.[H+].[H+]. The quantitative estimate of drug-likeness (QED) is 0.173. The van der Waals surface area contributed by atoms with Crippen LogP contribution in [0.2, 0.25) is 0 Å². The summed E-state index contributed by atoms with van der Waals surface area (Å²) < 4.78 is 0. The number of aliphatic hydroxyl groups is 2. The second kappa shape index (κ2) is 12.7. The van der Waals surface area contributed by atoms with Crippen LogP contribution in [0, 0.1) is 0 Å². The highest BCUT2D eigenvalue weighted by Gasteiger charge is 1.72. The van der Waals surface area contributed by atoms with E-state index < -0.39 is 18.7 Å². The van der Waals surface area contributed by atoms with Gasteiger partial charge in [0.25, 0.3) is 0 Å². The van der Waals surface area contributed by atoms with Gasteiger partial charge in [-0.15, -0.1) is 0 Å². The highest BCUT2D eigenvalue weighted by Crippen LogP contribution is 1.29. The molecule has 0 aliphatic heterocycles. The number of rotatable bonds is 0. The fourth-order valence-electron chi connectivity index (χ4n) is 0. The maximum Gasteiger partial charge on any atom is 1.00 e. The Kier molecular flexibility index (Phi) is 18.2. The lowest BCUT2D eigenvalue weighted by molar-refractivity contribution is -0.480. The molecule has 0 aliphatic rings. The Hall–Kier alpha value is -0.970. The summed E-state index contributed by atoms with van der Waals surface area (Å²) in [5.74, 6) is 0. The van der Waals surface area contributed by atoms with E-state index in [1.807, 2.05) is 0 Å². The molecule has 1 unspecified atom stereocenters. The van der Waals surface area contributed by atoms with Gasteiger partial charge in [0.2, 0.25) is 6.35 Å². The van der Waals surface area contributed by atoms with Gasteiger partial charge in [-0.05, 0) is 0 Å². The Morgan fingerprint density at radius 2 is 1.25 bits per heavy atom. The van der Waals surface area contributed by atoms with Gasteiger partial charge >= 0.3 is 8.88 Å².